The molecular weight excluding hydrogens is 669 g/mol. The molecule has 2 N–H and O–H groups in total. The number of piperazine rings is 1. The Morgan fingerprint density at radius 2 is 1.65 bits per heavy atom. The average Bonchev–Trinajstić information content (AvgIpc) is 3.05. The van der Waals surface area contributed by atoms with Crippen LogP contribution in [0.15, 0.2) is 82.6 Å². The lowest BCUT2D eigenvalue weighted by molar-refractivity contribution is -0.384. The monoisotopic (exact) mass is 712 g/mol. The van der Waals surface area contributed by atoms with E-state index in [1.54, 1.807) is 28.8 Å². The van der Waals surface area contributed by atoms with Crippen LogP contribution in [0.3, 0.4) is 0 Å². The van der Waals surface area contributed by atoms with Crippen molar-refractivity contribution in [1.82, 2.24) is 14.5 Å². The zero-order chi connectivity index (χ0) is 35.8. The molecule has 49 heavy (non-hydrogen) atoms. The van der Waals surface area contributed by atoms with Crippen LogP contribution in [-0.2, 0) is 14.8 Å². The molecule has 264 valence electrons. The molecule has 3 aromatic rings. The van der Waals surface area contributed by atoms with Crippen molar-refractivity contribution in [2.45, 2.75) is 48.6 Å². The second-order valence-electron chi connectivity index (χ2n) is 12.9. The quantitative estimate of drug-likeness (QED) is 0.135. The molecule has 3 aromatic carbocycles. The first-order valence-electron chi connectivity index (χ1n) is 15.9. The van der Waals surface area contributed by atoms with E-state index in [4.69, 9.17) is 4.74 Å². The highest BCUT2D eigenvalue weighted by molar-refractivity contribution is 7.99. The van der Waals surface area contributed by atoms with E-state index < -0.39 is 37.0 Å². The zero-order valence-electron chi connectivity index (χ0n) is 28.4. The first kappa shape index (κ1) is 37.5. The Balaban J connectivity index is 1.41. The van der Waals surface area contributed by atoms with Gasteiger partial charge in [0.05, 0.1) is 9.82 Å². The summed E-state index contributed by atoms with van der Waals surface area (Å²) >= 11 is 1.62. The van der Waals surface area contributed by atoms with Crippen molar-refractivity contribution in [1.29, 1.82) is 0 Å². The lowest BCUT2D eigenvalue weighted by atomic mass is 10.1. The fraction of sp³-hybridized carbons (Fsp3) is 0.412. The largest absolute Gasteiger partial charge is 0.444 e. The number of amides is 2. The normalized spacial score (nSPS) is 14.3. The highest BCUT2D eigenvalue weighted by Crippen LogP contribution is 2.30. The number of carbonyl (C=O) groups excluding carboxylic acids is 2. The molecule has 1 atom stereocenters. The highest BCUT2D eigenvalue weighted by Gasteiger charge is 2.27. The maximum Gasteiger partial charge on any atom is 0.410 e. The van der Waals surface area contributed by atoms with E-state index in [-0.39, 0.29) is 23.4 Å². The molecule has 1 heterocycles. The van der Waals surface area contributed by atoms with Crippen LogP contribution in [0, 0.1) is 10.1 Å². The SMILES string of the molecule is CN(C)CC[C@H](CSc1ccccc1)Nc1ccc(S(=O)(=O)NC(=O)c2ccc(N3CCN(C(=O)OC(C)(C)C)CC3)cc2)cc1[N+](=O)[O-]. The summed E-state index contributed by atoms with van der Waals surface area (Å²) in [6.45, 7) is 8.26. The third-order valence-electron chi connectivity index (χ3n) is 7.61. The standard InChI is InChI=1S/C34H44N6O7S2/c1-34(2,3)47-33(42)39-21-19-38(20-22-39)27-13-11-25(12-14-27)32(41)36-49(45,46)29-15-16-30(31(23-29)40(43)44)35-26(17-18-37(4)5)24-48-28-9-7-6-8-10-28/h6-16,23,26,35H,17-22,24H2,1-5H3,(H,36,41)/t26-/m1/s1. The molecular formula is C34H44N6O7S2. The molecule has 0 unspecified atom stereocenters. The molecule has 0 aromatic heterocycles. The summed E-state index contributed by atoms with van der Waals surface area (Å²) in [6.07, 6.45) is 0.333. The van der Waals surface area contributed by atoms with Crippen LogP contribution >= 0.6 is 11.8 Å². The minimum absolute atomic E-state index is 0.104. The highest BCUT2D eigenvalue weighted by atomic mass is 32.2. The number of rotatable bonds is 13. The molecule has 13 nitrogen and oxygen atoms in total. The number of thioether (sulfide) groups is 1. The van der Waals surface area contributed by atoms with Gasteiger partial charge >= 0.3 is 6.09 Å². The second kappa shape index (κ2) is 16.4. The number of benzene rings is 3. The number of carbonyl (C=O) groups is 2. The number of sulfonamides is 1. The Bertz CT molecular complexity index is 1710. The number of nitrogens with one attached hydrogen (secondary N) is 2. The van der Waals surface area contributed by atoms with Crippen molar-refractivity contribution >= 4 is 50.8 Å². The van der Waals surface area contributed by atoms with Crippen molar-refractivity contribution in [2.24, 2.45) is 0 Å². The van der Waals surface area contributed by atoms with Gasteiger partial charge in [0, 0.05) is 60.2 Å². The smallest absolute Gasteiger partial charge is 0.410 e. The van der Waals surface area contributed by atoms with Gasteiger partial charge in [0.25, 0.3) is 21.6 Å². The molecule has 1 aliphatic rings. The van der Waals surface area contributed by atoms with E-state index in [2.05, 4.69) is 10.2 Å². The summed E-state index contributed by atoms with van der Waals surface area (Å²) in [5, 5.41) is 15.3. The number of anilines is 2. The predicted molar refractivity (Wildman–Crippen MR) is 192 cm³/mol. The Morgan fingerprint density at radius 3 is 2.24 bits per heavy atom. The molecule has 0 bridgehead atoms. The van der Waals surface area contributed by atoms with Crippen LogP contribution in [0.5, 0.6) is 0 Å². The van der Waals surface area contributed by atoms with Gasteiger partial charge in [-0.3, -0.25) is 14.9 Å². The third-order valence-corrected chi connectivity index (χ3v) is 10.1. The molecule has 1 aliphatic heterocycles. The maximum atomic E-state index is 13.2. The van der Waals surface area contributed by atoms with Crippen LogP contribution in [0.1, 0.15) is 37.6 Å². The minimum Gasteiger partial charge on any atom is -0.444 e. The first-order valence-corrected chi connectivity index (χ1v) is 18.4. The summed E-state index contributed by atoms with van der Waals surface area (Å²) in [5.74, 6) is -0.237. The van der Waals surface area contributed by atoms with Gasteiger partial charge in [-0.15, -0.1) is 11.8 Å². The van der Waals surface area contributed by atoms with Gasteiger partial charge in [0.15, 0.2) is 0 Å². The van der Waals surface area contributed by atoms with Gasteiger partial charge in [-0.2, -0.15) is 0 Å². The number of nitro groups is 1. The Hall–Kier alpha value is -4.34. The van der Waals surface area contributed by atoms with Crippen molar-refractivity contribution in [3.63, 3.8) is 0 Å². The fourth-order valence-corrected chi connectivity index (χ4v) is 7.02. The molecule has 1 saturated heterocycles. The van der Waals surface area contributed by atoms with Gasteiger partial charge in [-0.05, 0) is 96.4 Å². The van der Waals surface area contributed by atoms with E-state index in [1.807, 2.05) is 74.8 Å². The van der Waals surface area contributed by atoms with Gasteiger partial charge in [-0.25, -0.2) is 17.9 Å². The molecule has 0 aliphatic carbocycles. The summed E-state index contributed by atoms with van der Waals surface area (Å²) in [7, 11) is -0.541. The van der Waals surface area contributed by atoms with Crippen LogP contribution in [-0.4, -0.2) is 99.4 Å². The van der Waals surface area contributed by atoms with Crippen molar-refractivity contribution in [2.75, 3.05) is 62.8 Å². The predicted octanol–water partition coefficient (Wildman–Crippen LogP) is 5.30. The summed E-state index contributed by atoms with van der Waals surface area (Å²) in [5.41, 5.74) is 0.117. The van der Waals surface area contributed by atoms with Crippen LogP contribution in [0.4, 0.5) is 21.9 Å². The topological polar surface area (TPSA) is 154 Å². The van der Waals surface area contributed by atoms with Crippen LogP contribution in [0.2, 0.25) is 0 Å². The van der Waals surface area contributed by atoms with E-state index in [0.717, 1.165) is 23.2 Å². The van der Waals surface area contributed by atoms with Gasteiger partial charge < -0.3 is 24.8 Å². The average molecular weight is 713 g/mol. The molecule has 4 rings (SSSR count). The number of nitro benzene ring substituents is 1. The maximum absolute atomic E-state index is 13.2. The third kappa shape index (κ3) is 11.1. The Kier molecular flexibility index (Phi) is 12.5. The van der Waals surface area contributed by atoms with Crippen molar-refractivity contribution in [3.8, 4) is 0 Å². The minimum atomic E-state index is -4.44. The lowest BCUT2D eigenvalue weighted by Gasteiger charge is -2.36. The van der Waals surface area contributed by atoms with Crippen LogP contribution in [0.25, 0.3) is 0 Å². The number of ether oxygens (including phenoxy) is 1. The van der Waals surface area contributed by atoms with Crippen molar-refractivity contribution < 1.29 is 27.7 Å². The van der Waals surface area contributed by atoms with Gasteiger partial charge in [-0.1, -0.05) is 18.2 Å². The van der Waals surface area contributed by atoms with Gasteiger partial charge in [0.2, 0.25) is 0 Å². The molecule has 0 saturated carbocycles. The summed E-state index contributed by atoms with van der Waals surface area (Å²) < 4.78 is 33.9. The van der Waals surface area contributed by atoms with E-state index in [9.17, 15) is 28.1 Å². The molecule has 1 fully saturated rings. The van der Waals surface area contributed by atoms with E-state index in [0.29, 0.717) is 38.4 Å². The number of nitrogens with zero attached hydrogens (tertiary/aromatic N) is 4. The van der Waals surface area contributed by atoms with E-state index >= 15 is 0 Å². The number of hydrogen-bond acceptors (Lipinski definition) is 11. The van der Waals surface area contributed by atoms with Crippen molar-refractivity contribution in [3.05, 3.63) is 88.5 Å². The second-order valence-corrected chi connectivity index (χ2v) is 15.7. The Labute approximate surface area is 292 Å². The number of hydrogen-bond donors (Lipinski definition) is 2. The molecule has 0 radical (unpaired) electrons. The zero-order valence-corrected chi connectivity index (χ0v) is 30.1. The molecule has 2 amide bonds. The molecule has 0 spiro atoms. The van der Waals surface area contributed by atoms with Gasteiger partial charge in [0.1, 0.15) is 11.3 Å². The van der Waals surface area contributed by atoms with Crippen LogP contribution < -0.4 is 14.9 Å². The van der Waals surface area contributed by atoms with E-state index in [1.165, 1.54) is 24.3 Å². The lowest BCUT2D eigenvalue weighted by Crippen LogP contribution is -2.50. The first-order chi connectivity index (χ1) is 23.1. The summed E-state index contributed by atoms with van der Waals surface area (Å²) in [4.78, 5) is 43.2. The summed E-state index contributed by atoms with van der Waals surface area (Å²) in [6, 6.07) is 19.7. The fourth-order valence-electron chi connectivity index (χ4n) is 5.03. The Morgan fingerprint density at radius 1 is 1.00 bits per heavy atom. The molecule has 15 heteroatoms.